The molecule has 5 fully saturated rings. The van der Waals surface area contributed by atoms with Crippen LogP contribution in [0, 0.1) is 0 Å². The van der Waals surface area contributed by atoms with E-state index in [0.717, 1.165) is 0 Å². The molecule has 9 unspecified atom stereocenters. The summed E-state index contributed by atoms with van der Waals surface area (Å²) in [6.45, 7) is 0. The fraction of sp³-hybridized carbons (Fsp3) is 1.00. The first-order chi connectivity index (χ1) is 25.5. The molecule has 8 bridgehead atoms. The Morgan fingerprint density at radius 3 is 0.792 bits per heavy atom. The lowest BCUT2D eigenvalue weighted by molar-refractivity contribution is -0.0850. The zero-order valence-corrected chi connectivity index (χ0v) is 45.1. The van der Waals surface area contributed by atoms with Gasteiger partial charge >= 0.3 is 69.9 Å². The van der Waals surface area contributed by atoms with Gasteiger partial charge in [-0.15, -0.1) is 0 Å². The molecule has 1 spiro atoms. The summed E-state index contributed by atoms with van der Waals surface area (Å²) >= 11 is 37.4. The van der Waals surface area contributed by atoms with E-state index in [2.05, 4.69) is 75.8 Å². The Morgan fingerprint density at radius 1 is 0.264 bits per heavy atom. The van der Waals surface area contributed by atoms with Crippen molar-refractivity contribution < 1.29 is 50.0 Å². The van der Waals surface area contributed by atoms with E-state index in [-0.39, 0.29) is 0 Å². The molecule has 0 aromatic heterocycles. The minimum Gasteiger partial charge on any atom is -0.391 e. The Morgan fingerprint density at radius 2 is 0.472 bits per heavy atom. The van der Waals surface area contributed by atoms with Crippen molar-refractivity contribution in [2.45, 2.75) is 105 Å². The molecule has 0 saturated carbocycles. The molecule has 5 aliphatic heterocycles. The Kier molecular flexibility index (Phi) is 16.9. The van der Waals surface area contributed by atoms with Crippen molar-refractivity contribution >= 4 is 171 Å². The van der Waals surface area contributed by atoms with Gasteiger partial charge in [-0.3, -0.25) is 0 Å². The second-order valence-corrected chi connectivity index (χ2v) is 43.2. The van der Waals surface area contributed by atoms with E-state index in [9.17, 15) is 0 Å². The standard InChI is InChI=1S/C25H56O12S8Si8/c38-9-1-17-46-25-26-48(28-46,19-3-11-40)32-52(23-7-15-44)33-49(27-25,20-4-12-41)34-53(24-8-16-45)35-50(29-46,21-5-13-42)30-47(25,18-2-10-39)31-51(36-52,37-53)22-6-14-43/h38-45H,1-24H2. The van der Waals surface area contributed by atoms with Gasteiger partial charge in [0, 0.05) is 36.3 Å². The van der Waals surface area contributed by atoms with E-state index >= 15 is 0 Å². The van der Waals surface area contributed by atoms with Gasteiger partial charge in [-0.05, 0) is 109 Å². The molecule has 0 radical (unpaired) electrons. The third-order valence-electron chi connectivity index (χ3n) is 9.92. The number of hydrogen-bond acceptors (Lipinski definition) is 20. The van der Waals surface area contributed by atoms with Gasteiger partial charge < -0.3 is 50.0 Å². The van der Waals surface area contributed by atoms with Crippen molar-refractivity contribution in [3.05, 3.63) is 0 Å². The van der Waals surface area contributed by atoms with Crippen LogP contribution in [0.2, 0.25) is 48.4 Å². The van der Waals surface area contributed by atoms with Gasteiger partial charge in [-0.1, -0.05) is 0 Å². The van der Waals surface area contributed by atoms with E-state index in [1.807, 2.05) is 0 Å². The number of fused-ring (bicyclic) bond motifs is 7. The van der Waals surface area contributed by atoms with Gasteiger partial charge in [0.05, 0.1) is 0 Å². The van der Waals surface area contributed by atoms with Crippen LogP contribution in [0.15, 0.2) is 0 Å². The molecule has 5 saturated heterocycles. The maximum absolute atomic E-state index is 7.93. The summed E-state index contributed by atoms with van der Waals surface area (Å²) in [5.41, 5.74) is 0. The number of rotatable bonds is 24. The SMILES string of the molecule is SCCC[Si]12OC34O[Si]5(CCCS)O[Si](CCCS)(O1)O[Si]1(CCCS)O[Si](CCCS)(O2)O[Si](CCCS)(O[Si]3(CCCS)O5)O[Si]4(CCCS)O1. The van der Waals surface area contributed by atoms with Gasteiger partial charge in [0.2, 0.25) is 5.03 Å². The fourth-order valence-electron chi connectivity index (χ4n) is 8.02. The summed E-state index contributed by atoms with van der Waals surface area (Å²) < 4.78 is 92.5. The average molecular weight is 1030 g/mol. The molecule has 0 aromatic carbocycles. The Bertz CT molecular complexity index is 1250. The highest BCUT2D eigenvalue weighted by molar-refractivity contribution is 7.81. The summed E-state index contributed by atoms with van der Waals surface area (Å²) in [5, 5.41) is -1.60. The first-order valence-electron chi connectivity index (χ1n) is 18.8. The summed E-state index contributed by atoms with van der Waals surface area (Å²) in [5.74, 6) is 4.71. The third-order valence-corrected chi connectivity index (χ3v) is 52.2. The van der Waals surface area contributed by atoms with Crippen molar-refractivity contribution in [1.82, 2.24) is 0 Å². The normalized spacial score (nSPS) is 43.9. The van der Waals surface area contributed by atoms with Crippen LogP contribution in [-0.4, -0.2) is 121 Å². The molecular weight excluding hydrogens is 973 g/mol. The molecule has 0 aromatic rings. The van der Waals surface area contributed by atoms with Crippen LogP contribution in [0.5, 0.6) is 0 Å². The summed E-state index contributed by atoms with van der Waals surface area (Å²) in [4.78, 5) is 0. The van der Waals surface area contributed by atoms with Gasteiger partial charge in [-0.2, -0.15) is 101 Å². The van der Waals surface area contributed by atoms with Crippen LogP contribution in [-0.2, 0) is 50.0 Å². The zero-order chi connectivity index (χ0) is 38.0. The minimum absolute atomic E-state index is 0.405. The lowest BCUT2D eigenvalue weighted by Gasteiger charge is -2.60. The van der Waals surface area contributed by atoms with Crippen LogP contribution in [0.4, 0.5) is 0 Å². The maximum atomic E-state index is 7.93. The molecular formula is C25H56O12S8Si8. The summed E-state index contributed by atoms with van der Waals surface area (Å²) in [6, 6.07) is 3.58. The molecule has 308 valence electrons. The molecule has 0 amide bonds. The molecule has 0 aliphatic carbocycles. The average Bonchev–Trinajstić information content (AvgIpc) is 3.45. The van der Waals surface area contributed by atoms with Crippen LogP contribution in [0.25, 0.3) is 0 Å². The molecule has 5 aliphatic rings. The van der Waals surface area contributed by atoms with Gasteiger partial charge in [0.1, 0.15) is 0 Å². The highest BCUT2D eigenvalue weighted by Crippen LogP contribution is 2.64. The number of hydrogen-bond donors (Lipinski definition) is 8. The monoisotopic (exact) mass is 1030 g/mol. The lowest BCUT2D eigenvalue weighted by atomic mass is 10.6. The quantitative estimate of drug-likeness (QED) is 0.0422. The van der Waals surface area contributed by atoms with E-state index < -0.39 is 75.0 Å². The van der Waals surface area contributed by atoms with Crippen molar-refractivity contribution in [1.29, 1.82) is 0 Å². The van der Waals surface area contributed by atoms with E-state index in [1.165, 1.54) is 0 Å². The first-order valence-corrected chi connectivity index (χ1v) is 39.5. The van der Waals surface area contributed by atoms with Crippen LogP contribution in [0.3, 0.4) is 0 Å². The van der Waals surface area contributed by atoms with E-state index in [0.29, 0.717) is 146 Å². The van der Waals surface area contributed by atoms with Gasteiger partial charge in [-0.25, -0.2) is 0 Å². The molecule has 28 heteroatoms. The minimum atomic E-state index is -4.02. The van der Waals surface area contributed by atoms with Gasteiger partial charge in [0.15, 0.2) is 0 Å². The predicted octanol–water partition coefficient (Wildman–Crippen LogP) is 6.12. The van der Waals surface area contributed by atoms with Crippen molar-refractivity contribution in [3.63, 3.8) is 0 Å². The van der Waals surface area contributed by atoms with E-state index in [1.54, 1.807) is 0 Å². The predicted molar refractivity (Wildman–Crippen MR) is 248 cm³/mol. The fourth-order valence-corrected chi connectivity index (χ4v) is 66.8. The largest absolute Gasteiger partial charge is 0.488 e. The van der Waals surface area contributed by atoms with Gasteiger partial charge in [0.25, 0.3) is 0 Å². The Hall–Kier alpha value is 4.06. The Balaban J connectivity index is 1.76. The molecule has 5 rings (SSSR count). The summed E-state index contributed by atoms with van der Waals surface area (Å²) in [7, 11) is -31.2. The van der Waals surface area contributed by atoms with Crippen molar-refractivity contribution in [2.24, 2.45) is 0 Å². The third kappa shape index (κ3) is 9.11. The van der Waals surface area contributed by atoms with Crippen LogP contribution >= 0.6 is 101 Å². The first kappa shape index (κ1) is 46.6. The smallest absolute Gasteiger partial charge is 0.391 e. The molecule has 12 nitrogen and oxygen atoms in total. The van der Waals surface area contributed by atoms with Crippen molar-refractivity contribution in [3.8, 4) is 0 Å². The second kappa shape index (κ2) is 19.2. The molecule has 5 heterocycles. The second-order valence-electron chi connectivity index (χ2n) is 14.1. The Labute approximate surface area is 368 Å². The molecule has 0 N–H and O–H groups in total. The molecule has 9 atom stereocenters. The number of thiol groups is 8. The highest BCUT2D eigenvalue weighted by Gasteiger charge is 2.95. The summed E-state index contributed by atoms with van der Waals surface area (Å²) in [6.07, 6.45) is 5.24. The molecule has 53 heavy (non-hydrogen) atoms. The highest BCUT2D eigenvalue weighted by atomic mass is 32.1. The van der Waals surface area contributed by atoms with Crippen LogP contribution < -0.4 is 0 Å². The maximum Gasteiger partial charge on any atom is 0.488 e. The zero-order valence-electron chi connectivity index (χ0n) is 29.9. The van der Waals surface area contributed by atoms with E-state index in [4.69, 9.17) is 75.3 Å². The lowest BCUT2D eigenvalue weighted by Crippen LogP contribution is -2.88. The van der Waals surface area contributed by atoms with Crippen molar-refractivity contribution in [2.75, 3.05) is 46.0 Å². The van der Waals surface area contributed by atoms with Crippen LogP contribution in [0.1, 0.15) is 51.4 Å². The topological polar surface area (TPSA) is 111 Å².